The maximum atomic E-state index is 11.7. The van der Waals surface area contributed by atoms with Crippen molar-refractivity contribution in [2.75, 3.05) is 20.7 Å². The summed E-state index contributed by atoms with van der Waals surface area (Å²) in [6.45, 7) is 2.52. The van der Waals surface area contributed by atoms with Gasteiger partial charge in [0.05, 0.1) is 7.11 Å². The standard InChI is InChI=1S/C20H23NO4/c1-11(22)24-14-6-7-16-20-8-9-21(2)13(18(14)20)10-12-4-5-15(23-3)19(25-16)17(12)20/h4-7,13-14,16,18H,8-10H2,1-3H3/t13-,14+,16-,18-,20-/m1/s1. The second kappa shape index (κ2) is 5.01. The molecule has 5 rings (SSSR count). The quantitative estimate of drug-likeness (QED) is 0.609. The monoisotopic (exact) mass is 341 g/mol. The van der Waals surface area contributed by atoms with E-state index >= 15 is 0 Å². The number of likely N-dealkylation sites (tertiary alicyclic amines) is 1. The van der Waals surface area contributed by atoms with E-state index in [1.807, 2.05) is 12.1 Å². The number of nitrogens with zero attached hydrogens (tertiary/aromatic N) is 1. The fourth-order valence-corrected chi connectivity index (χ4v) is 5.74. The Morgan fingerprint density at radius 3 is 2.96 bits per heavy atom. The maximum absolute atomic E-state index is 11.7. The van der Waals surface area contributed by atoms with Crippen LogP contribution in [0, 0.1) is 5.92 Å². The third-order valence-electron chi connectivity index (χ3n) is 6.66. The number of hydrogen-bond acceptors (Lipinski definition) is 5. The lowest BCUT2D eigenvalue weighted by Gasteiger charge is -2.57. The van der Waals surface area contributed by atoms with Gasteiger partial charge in [0, 0.05) is 29.9 Å². The lowest BCUT2D eigenvalue weighted by atomic mass is 9.52. The first kappa shape index (κ1) is 15.3. The van der Waals surface area contributed by atoms with Crippen molar-refractivity contribution in [3.63, 3.8) is 0 Å². The Hall–Kier alpha value is -2.01. The predicted molar refractivity (Wildman–Crippen MR) is 92.0 cm³/mol. The zero-order valence-electron chi connectivity index (χ0n) is 14.8. The van der Waals surface area contributed by atoms with Crippen molar-refractivity contribution in [3.8, 4) is 11.5 Å². The number of carbonyl (C=O) groups excluding carboxylic acids is 1. The van der Waals surface area contributed by atoms with Gasteiger partial charge in [0.1, 0.15) is 12.2 Å². The minimum Gasteiger partial charge on any atom is -0.493 e. The molecule has 2 bridgehead atoms. The molecule has 25 heavy (non-hydrogen) atoms. The summed E-state index contributed by atoms with van der Waals surface area (Å²) in [6.07, 6.45) is 5.88. The number of ether oxygens (including phenoxy) is 3. The molecule has 0 aromatic heterocycles. The van der Waals surface area contributed by atoms with E-state index in [1.165, 1.54) is 18.1 Å². The summed E-state index contributed by atoms with van der Waals surface area (Å²) in [5.41, 5.74) is 2.53. The first-order chi connectivity index (χ1) is 12.1. The van der Waals surface area contributed by atoms with Crippen LogP contribution in [0.5, 0.6) is 11.5 Å². The Kier molecular flexibility index (Phi) is 3.06. The fraction of sp³-hybridized carbons (Fsp3) is 0.550. The van der Waals surface area contributed by atoms with Gasteiger partial charge in [-0.15, -0.1) is 0 Å². The molecule has 0 radical (unpaired) electrons. The van der Waals surface area contributed by atoms with Crippen LogP contribution in [0.1, 0.15) is 24.5 Å². The predicted octanol–water partition coefficient (Wildman–Crippen LogP) is 2.07. The molecule has 2 heterocycles. The molecule has 132 valence electrons. The Labute approximate surface area is 147 Å². The van der Waals surface area contributed by atoms with E-state index in [0.29, 0.717) is 6.04 Å². The zero-order valence-corrected chi connectivity index (χ0v) is 14.8. The van der Waals surface area contributed by atoms with Crippen LogP contribution in [0.2, 0.25) is 0 Å². The van der Waals surface area contributed by atoms with Crippen LogP contribution in [-0.4, -0.2) is 49.8 Å². The van der Waals surface area contributed by atoms with Crippen molar-refractivity contribution in [2.24, 2.45) is 5.92 Å². The van der Waals surface area contributed by atoms with Crippen LogP contribution in [0.15, 0.2) is 24.3 Å². The van der Waals surface area contributed by atoms with E-state index in [4.69, 9.17) is 14.2 Å². The summed E-state index contributed by atoms with van der Waals surface area (Å²) in [7, 11) is 3.87. The SMILES string of the molecule is COc1ccc2c3c1O[C@@H]1C=C[C@H](OC(C)=O)[C@H]4[C@@H](C2)N(C)CC[C@@]341. The molecule has 0 amide bonds. The number of methoxy groups -OCH3 is 1. The minimum atomic E-state index is -0.221. The number of esters is 1. The Morgan fingerprint density at radius 1 is 1.36 bits per heavy atom. The highest BCUT2D eigenvalue weighted by atomic mass is 16.5. The van der Waals surface area contributed by atoms with Gasteiger partial charge in [-0.2, -0.15) is 0 Å². The van der Waals surface area contributed by atoms with Gasteiger partial charge in [-0.3, -0.25) is 4.79 Å². The molecule has 1 fully saturated rings. The normalized spacial score (nSPS) is 37.2. The van der Waals surface area contributed by atoms with Gasteiger partial charge in [0.25, 0.3) is 0 Å². The van der Waals surface area contributed by atoms with E-state index in [1.54, 1.807) is 7.11 Å². The van der Waals surface area contributed by atoms with Crippen molar-refractivity contribution in [1.82, 2.24) is 4.90 Å². The average Bonchev–Trinajstić information content (AvgIpc) is 2.92. The number of rotatable bonds is 2. The lowest BCUT2D eigenvalue weighted by Crippen LogP contribution is -2.66. The Balaban J connectivity index is 1.75. The van der Waals surface area contributed by atoms with Crippen LogP contribution in [0.25, 0.3) is 0 Å². The molecular weight excluding hydrogens is 318 g/mol. The van der Waals surface area contributed by atoms with E-state index in [0.717, 1.165) is 30.9 Å². The molecule has 1 aromatic rings. The van der Waals surface area contributed by atoms with E-state index in [-0.39, 0.29) is 29.5 Å². The highest BCUT2D eigenvalue weighted by Crippen LogP contribution is 2.62. The largest absolute Gasteiger partial charge is 0.493 e. The Bertz CT molecular complexity index is 788. The minimum absolute atomic E-state index is 0.00846. The van der Waals surface area contributed by atoms with Crippen LogP contribution in [0.4, 0.5) is 0 Å². The molecule has 1 spiro atoms. The van der Waals surface area contributed by atoms with Crippen molar-refractivity contribution in [1.29, 1.82) is 0 Å². The first-order valence-electron chi connectivity index (χ1n) is 8.99. The summed E-state index contributed by atoms with van der Waals surface area (Å²) in [6, 6.07) is 4.55. The highest BCUT2D eigenvalue weighted by molar-refractivity contribution is 5.67. The van der Waals surface area contributed by atoms with E-state index in [2.05, 4.69) is 24.1 Å². The van der Waals surface area contributed by atoms with Gasteiger partial charge in [-0.1, -0.05) is 6.07 Å². The van der Waals surface area contributed by atoms with Gasteiger partial charge >= 0.3 is 5.97 Å². The summed E-state index contributed by atoms with van der Waals surface area (Å²) >= 11 is 0. The van der Waals surface area contributed by atoms with Gasteiger partial charge in [-0.25, -0.2) is 0 Å². The second-order valence-electron chi connectivity index (χ2n) is 7.70. The van der Waals surface area contributed by atoms with Gasteiger partial charge in [0.15, 0.2) is 11.5 Å². The number of hydrogen-bond donors (Lipinski definition) is 0. The van der Waals surface area contributed by atoms with E-state index < -0.39 is 0 Å². The third-order valence-corrected chi connectivity index (χ3v) is 6.66. The van der Waals surface area contributed by atoms with Crippen LogP contribution >= 0.6 is 0 Å². The molecule has 0 saturated carbocycles. The summed E-state index contributed by atoms with van der Waals surface area (Å²) in [5.74, 6) is 1.69. The number of piperidine rings is 1. The molecule has 2 aliphatic heterocycles. The highest BCUT2D eigenvalue weighted by Gasteiger charge is 2.65. The molecular formula is C20H23NO4. The molecule has 5 heteroatoms. The molecule has 5 atom stereocenters. The number of carbonyl (C=O) groups is 1. The van der Waals surface area contributed by atoms with E-state index in [9.17, 15) is 4.79 Å². The summed E-state index contributed by atoms with van der Waals surface area (Å²) in [4.78, 5) is 14.1. The molecule has 0 unspecified atom stereocenters. The average molecular weight is 341 g/mol. The maximum Gasteiger partial charge on any atom is 0.303 e. The Morgan fingerprint density at radius 2 is 2.20 bits per heavy atom. The zero-order chi connectivity index (χ0) is 17.3. The van der Waals surface area contributed by atoms with Crippen molar-refractivity contribution >= 4 is 5.97 Å². The lowest BCUT2D eigenvalue weighted by molar-refractivity contribution is -0.153. The van der Waals surface area contributed by atoms with Gasteiger partial charge in [0.2, 0.25) is 0 Å². The van der Waals surface area contributed by atoms with Gasteiger partial charge in [-0.05, 0) is 50.2 Å². The topological polar surface area (TPSA) is 48.0 Å². The smallest absolute Gasteiger partial charge is 0.303 e. The fourth-order valence-electron chi connectivity index (χ4n) is 5.74. The van der Waals surface area contributed by atoms with Crippen LogP contribution in [0.3, 0.4) is 0 Å². The molecule has 0 N–H and O–H groups in total. The molecule has 2 aliphatic carbocycles. The first-order valence-corrected chi connectivity index (χ1v) is 8.99. The van der Waals surface area contributed by atoms with Crippen LogP contribution in [-0.2, 0) is 21.4 Å². The third kappa shape index (κ3) is 1.79. The molecule has 4 aliphatic rings. The number of benzene rings is 1. The summed E-state index contributed by atoms with van der Waals surface area (Å²) in [5, 5.41) is 0. The molecule has 1 aromatic carbocycles. The van der Waals surface area contributed by atoms with Crippen LogP contribution < -0.4 is 9.47 Å². The van der Waals surface area contributed by atoms with Crippen molar-refractivity contribution in [2.45, 2.75) is 43.4 Å². The molecule has 1 saturated heterocycles. The van der Waals surface area contributed by atoms with Crippen molar-refractivity contribution in [3.05, 3.63) is 35.4 Å². The van der Waals surface area contributed by atoms with Crippen molar-refractivity contribution < 1.29 is 19.0 Å². The van der Waals surface area contributed by atoms with Gasteiger partial charge < -0.3 is 19.1 Å². The summed E-state index contributed by atoms with van der Waals surface area (Å²) < 4.78 is 17.7. The second-order valence-corrected chi connectivity index (χ2v) is 7.70. The number of likely N-dealkylation sites (N-methyl/N-ethyl adjacent to an activating group) is 1. The molecule has 5 nitrogen and oxygen atoms in total.